The average Bonchev–Trinajstić information content (AvgIpc) is 2.53. The molecule has 2 aromatic carbocycles. The lowest BCUT2D eigenvalue weighted by atomic mass is 10.1. The topological polar surface area (TPSA) is 47.0 Å². The zero-order chi connectivity index (χ0) is 14.8. The van der Waals surface area contributed by atoms with Crippen LogP contribution in [0.2, 0.25) is 5.02 Å². The Bertz CT molecular complexity index is 805. The second-order valence-corrected chi connectivity index (χ2v) is 4.94. The Kier molecular flexibility index (Phi) is 3.62. The van der Waals surface area contributed by atoms with E-state index < -0.39 is 0 Å². The number of para-hydroxylation sites is 1. The van der Waals surface area contributed by atoms with Crippen molar-refractivity contribution in [3.05, 3.63) is 47.5 Å². The molecule has 0 aliphatic heterocycles. The van der Waals surface area contributed by atoms with Gasteiger partial charge in [-0.15, -0.1) is 0 Å². The maximum absolute atomic E-state index is 6.05. The molecule has 5 heteroatoms. The van der Waals surface area contributed by atoms with Gasteiger partial charge in [0.1, 0.15) is 11.6 Å². The second kappa shape index (κ2) is 5.58. The summed E-state index contributed by atoms with van der Waals surface area (Å²) < 4.78 is 5.38. The van der Waals surface area contributed by atoms with Gasteiger partial charge in [-0.1, -0.05) is 23.7 Å². The Labute approximate surface area is 127 Å². The summed E-state index contributed by atoms with van der Waals surface area (Å²) in [5, 5.41) is 4.65. The molecule has 0 spiro atoms. The predicted molar refractivity (Wildman–Crippen MR) is 86.1 cm³/mol. The van der Waals surface area contributed by atoms with E-state index >= 15 is 0 Å². The van der Waals surface area contributed by atoms with Crippen molar-refractivity contribution in [2.45, 2.75) is 0 Å². The van der Waals surface area contributed by atoms with Crippen LogP contribution >= 0.6 is 11.6 Å². The molecule has 3 aromatic rings. The van der Waals surface area contributed by atoms with E-state index in [0.29, 0.717) is 10.8 Å². The lowest BCUT2D eigenvalue weighted by molar-refractivity contribution is 0.416. The van der Waals surface area contributed by atoms with Gasteiger partial charge in [0, 0.05) is 17.5 Å². The van der Waals surface area contributed by atoms with Crippen LogP contribution in [-0.2, 0) is 0 Å². The van der Waals surface area contributed by atoms with Crippen LogP contribution in [0.1, 0.15) is 0 Å². The monoisotopic (exact) mass is 299 g/mol. The number of hydrogen-bond donors (Lipinski definition) is 1. The van der Waals surface area contributed by atoms with Crippen LogP contribution in [0.5, 0.6) is 5.75 Å². The molecule has 21 heavy (non-hydrogen) atoms. The first kappa shape index (κ1) is 13.6. The highest BCUT2D eigenvalue weighted by molar-refractivity contribution is 6.31. The van der Waals surface area contributed by atoms with E-state index in [1.165, 1.54) is 0 Å². The summed E-state index contributed by atoms with van der Waals surface area (Å²) >= 11 is 6.05. The van der Waals surface area contributed by atoms with Gasteiger partial charge in [-0.3, -0.25) is 0 Å². The highest BCUT2D eigenvalue weighted by Crippen LogP contribution is 2.31. The zero-order valence-electron chi connectivity index (χ0n) is 11.7. The number of nitrogens with zero attached hydrogens (tertiary/aromatic N) is 2. The molecule has 0 amide bonds. The molecule has 1 aromatic heterocycles. The largest absolute Gasteiger partial charge is 0.496 e. The number of benzene rings is 2. The van der Waals surface area contributed by atoms with Gasteiger partial charge in [0.15, 0.2) is 5.82 Å². The van der Waals surface area contributed by atoms with Crippen LogP contribution in [0.25, 0.3) is 22.3 Å². The van der Waals surface area contributed by atoms with Crippen LogP contribution in [0, 0.1) is 0 Å². The molecule has 0 saturated heterocycles. The van der Waals surface area contributed by atoms with E-state index in [9.17, 15) is 0 Å². The minimum atomic E-state index is 0.617. The maximum Gasteiger partial charge on any atom is 0.165 e. The number of rotatable bonds is 3. The molecule has 0 atom stereocenters. The molecular formula is C16H14ClN3O. The van der Waals surface area contributed by atoms with Gasteiger partial charge in [-0.25, -0.2) is 9.97 Å². The number of aromatic nitrogens is 2. The lowest BCUT2D eigenvalue weighted by Crippen LogP contribution is -1.99. The van der Waals surface area contributed by atoms with E-state index in [1.54, 1.807) is 7.11 Å². The predicted octanol–water partition coefficient (Wildman–Crippen LogP) is 4.00. The van der Waals surface area contributed by atoms with Crippen molar-refractivity contribution in [1.29, 1.82) is 0 Å². The Balaban J connectivity index is 2.27. The Morgan fingerprint density at radius 2 is 1.90 bits per heavy atom. The number of fused-ring (bicyclic) bond motifs is 1. The first-order valence-corrected chi connectivity index (χ1v) is 6.89. The molecule has 4 nitrogen and oxygen atoms in total. The summed E-state index contributed by atoms with van der Waals surface area (Å²) in [5.41, 5.74) is 1.69. The Morgan fingerprint density at radius 3 is 2.67 bits per heavy atom. The van der Waals surface area contributed by atoms with Crippen LogP contribution in [-0.4, -0.2) is 24.1 Å². The van der Waals surface area contributed by atoms with Gasteiger partial charge in [0.2, 0.25) is 0 Å². The molecule has 3 rings (SSSR count). The summed E-state index contributed by atoms with van der Waals surface area (Å²) in [7, 11) is 3.47. The fourth-order valence-corrected chi connectivity index (χ4v) is 2.41. The van der Waals surface area contributed by atoms with Crippen molar-refractivity contribution in [2.24, 2.45) is 0 Å². The number of methoxy groups -OCH3 is 1. The quantitative estimate of drug-likeness (QED) is 0.794. The van der Waals surface area contributed by atoms with E-state index in [0.717, 1.165) is 28.0 Å². The normalized spacial score (nSPS) is 10.6. The molecule has 0 aliphatic carbocycles. The summed E-state index contributed by atoms with van der Waals surface area (Å²) in [6.07, 6.45) is 0. The minimum Gasteiger partial charge on any atom is -0.496 e. The van der Waals surface area contributed by atoms with Crippen molar-refractivity contribution >= 4 is 28.3 Å². The summed E-state index contributed by atoms with van der Waals surface area (Å²) in [6.45, 7) is 0. The molecule has 0 fully saturated rings. The number of nitrogens with one attached hydrogen (secondary N) is 1. The first-order chi connectivity index (χ1) is 10.2. The molecular weight excluding hydrogens is 286 g/mol. The van der Waals surface area contributed by atoms with Crippen LogP contribution in [0.3, 0.4) is 0 Å². The molecule has 0 unspecified atom stereocenters. The highest BCUT2D eigenvalue weighted by atomic mass is 35.5. The molecule has 0 aliphatic rings. The molecule has 1 N–H and O–H groups in total. The maximum atomic E-state index is 6.05. The number of halogens is 1. The lowest BCUT2D eigenvalue weighted by Gasteiger charge is -2.11. The van der Waals surface area contributed by atoms with Gasteiger partial charge in [0.25, 0.3) is 0 Å². The fraction of sp³-hybridized carbons (Fsp3) is 0.125. The third-order valence-corrected chi connectivity index (χ3v) is 3.48. The van der Waals surface area contributed by atoms with Gasteiger partial charge < -0.3 is 10.1 Å². The van der Waals surface area contributed by atoms with E-state index in [-0.39, 0.29) is 0 Å². The third-order valence-electron chi connectivity index (χ3n) is 3.24. The second-order valence-electron chi connectivity index (χ2n) is 4.51. The third kappa shape index (κ3) is 2.50. The van der Waals surface area contributed by atoms with E-state index in [2.05, 4.69) is 15.3 Å². The number of hydrogen-bond acceptors (Lipinski definition) is 4. The molecule has 0 radical (unpaired) electrons. The van der Waals surface area contributed by atoms with Crippen molar-refractivity contribution < 1.29 is 4.74 Å². The molecule has 106 valence electrons. The van der Waals surface area contributed by atoms with Gasteiger partial charge >= 0.3 is 0 Å². The van der Waals surface area contributed by atoms with Gasteiger partial charge in [-0.05, 0) is 30.3 Å². The zero-order valence-corrected chi connectivity index (χ0v) is 12.5. The minimum absolute atomic E-state index is 0.617. The van der Waals surface area contributed by atoms with Crippen molar-refractivity contribution in [1.82, 2.24) is 9.97 Å². The summed E-state index contributed by atoms with van der Waals surface area (Å²) in [4.78, 5) is 9.19. The fourth-order valence-electron chi connectivity index (χ4n) is 2.24. The average molecular weight is 300 g/mol. The van der Waals surface area contributed by atoms with E-state index in [4.69, 9.17) is 16.3 Å². The molecule has 0 bridgehead atoms. The van der Waals surface area contributed by atoms with Crippen molar-refractivity contribution in [3.63, 3.8) is 0 Å². The molecule has 0 saturated carbocycles. The SMILES string of the molecule is CNc1nc(-c2ccccc2OC)nc2ccc(Cl)cc12. The molecule has 1 heterocycles. The number of ether oxygens (including phenoxy) is 1. The van der Waals surface area contributed by atoms with Crippen LogP contribution < -0.4 is 10.1 Å². The Morgan fingerprint density at radius 1 is 1.10 bits per heavy atom. The standard InChI is InChI=1S/C16H14ClN3O/c1-18-15-12-9-10(17)7-8-13(12)19-16(20-15)11-5-3-4-6-14(11)21-2/h3-9H,1-2H3,(H,18,19,20). The van der Waals surface area contributed by atoms with Gasteiger partial charge in [0.05, 0.1) is 18.2 Å². The van der Waals surface area contributed by atoms with Crippen molar-refractivity contribution in [2.75, 3.05) is 19.5 Å². The Hall–Kier alpha value is -2.33. The summed E-state index contributed by atoms with van der Waals surface area (Å²) in [5.74, 6) is 2.10. The number of anilines is 1. The smallest absolute Gasteiger partial charge is 0.165 e. The van der Waals surface area contributed by atoms with E-state index in [1.807, 2.05) is 49.5 Å². The van der Waals surface area contributed by atoms with Crippen molar-refractivity contribution in [3.8, 4) is 17.1 Å². The summed E-state index contributed by atoms with van der Waals surface area (Å²) in [6, 6.07) is 13.3. The highest BCUT2D eigenvalue weighted by Gasteiger charge is 2.12. The van der Waals surface area contributed by atoms with Gasteiger partial charge in [-0.2, -0.15) is 0 Å². The van der Waals surface area contributed by atoms with Crippen LogP contribution in [0.15, 0.2) is 42.5 Å². The first-order valence-electron chi connectivity index (χ1n) is 6.51. The van der Waals surface area contributed by atoms with Crippen LogP contribution in [0.4, 0.5) is 5.82 Å².